The summed E-state index contributed by atoms with van der Waals surface area (Å²) in [5.41, 5.74) is 1.04. The molecule has 1 aromatic carbocycles. The van der Waals surface area contributed by atoms with Crippen LogP contribution in [0, 0.1) is 0 Å². The van der Waals surface area contributed by atoms with Crippen LogP contribution in [0.5, 0.6) is 0 Å². The molecule has 96 valence electrons. The summed E-state index contributed by atoms with van der Waals surface area (Å²) in [6.45, 7) is 2.73. The van der Waals surface area contributed by atoms with Crippen LogP contribution in [0.2, 0.25) is 0 Å². The van der Waals surface area contributed by atoms with Gasteiger partial charge in [-0.15, -0.1) is 11.3 Å². The molecule has 0 bridgehead atoms. The van der Waals surface area contributed by atoms with E-state index in [2.05, 4.69) is 28.6 Å². The number of thiazole rings is 1. The van der Waals surface area contributed by atoms with E-state index in [-0.39, 0.29) is 11.9 Å². The van der Waals surface area contributed by atoms with Crippen molar-refractivity contribution in [3.63, 3.8) is 0 Å². The van der Waals surface area contributed by atoms with Crippen molar-refractivity contribution in [2.45, 2.75) is 19.4 Å². The number of hydrogen-bond acceptors (Lipinski definition) is 4. The van der Waals surface area contributed by atoms with Crippen molar-refractivity contribution >= 4 is 27.5 Å². The van der Waals surface area contributed by atoms with Crippen molar-refractivity contribution < 1.29 is 4.79 Å². The zero-order valence-corrected chi connectivity index (χ0v) is 11.4. The number of aromatic nitrogens is 1. The third-order valence-electron chi connectivity index (χ3n) is 2.76. The molecule has 0 spiro atoms. The highest BCUT2D eigenvalue weighted by molar-refractivity contribution is 7.18. The van der Waals surface area contributed by atoms with Crippen LogP contribution in [-0.2, 0) is 4.79 Å². The van der Waals surface area contributed by atoms with Gasteiger partial charge in [0.15, 0.2) is 0 Å². The number of para-hydroxylation sites is 1. The second kappa shape index (κ2) is 5.93. The van der Waals surface area contributed by atoms with Crippen LogP contribution >= 0.6 is 11.3 Å². The van der Waals surface area contributed by atoms with Gasteiger partial charge >= 0.3 is 0 Å². The summed E-state index contributed by atoms with van der Waals surface area (Å²) in [6, 6.07) is 8.29. The van der Waals surface area contributed by atoms with E-state index in [1.165, 1.54) is 4.70 Å². The highest BCUT2D eigenvalue weighted by Gasteiger charge is 2.10. The van der Waals surface area contributed by atoms with Crippen molar-refractivity contribution in [3.8, 4) is 0 Å². The van der Waals surface area contributed by atoms with Gasteiger partial charge in [0.2, 0.25) is 5.91 Å². The first-order chi connectivity index (χ1) is 8.70. The van der Waals surface area contributed by atoms with E-state index in [9.17, 15) is 4.79 Å². The summed E-state index contributed by atoms with van der Waals surface area (Å²) < 4.78 is 1.20. The summed E-state index contributed by atoms with van der Waals surface area (Å²) in [7, 11) is 1.65. The van der Waals surface area contributed by atoms with Crippen LogP contribution in [0.15, 0.2) is 24.3 Å². The van der Waals surface area contributed by atoms with Gasteiger partial charge in [-0.3, -0.25) is 4.79 Å². The second-order valence-electron chi connectivity index (χ2n) is 4.12. The normalized spacial score (nSPS) is 12.6. The van der Waals surface area contributed by atoms with Crippen molar-refractivity contribution in [1.82, 2.24) is 15.6 Å². The summed E-state index contributed by atoms with van der Waals surface area (Å²) in [6.07, 6.45) is 0.492. The van der Waals surface area contributed by atoms with Gasteiger partial charge in [-0.1, -0.05) is 12.1 Å². The summed E-state index contributed by atoms with van der Waals surface area (Å²) in [4.78, 5) is 15.7. The van der Waals surface area contributed by atoms with E-state index in [0.29, 0.717) is 13.0 Å². The molecule has 0 saturated carbocycles. The molecule has 0 aliphatic carbocycles. The van der Waals surface area contributed by atoms with Gasteiger partial charge in [-0.05, 0) is 19.1 Å². The van der Waals surface area contributed by atoms with E-state index < -0.39 is 0 Å². The van der Waals surface area contributed by atoms with E-state index in [0.717, 1.165) is 10.5 Å². The van der Waals surface area contributed by atoms with Crippen LogP contribution in [0.25, 0.3) is 10.2 Å². The molecule has 5 heteroatoms. The standard InChI is InChI=1S/C13H17N3OS/c1-9(15-8-7-12(17)14-2)13-16-10-5-3-4-6-11(10)18-13/h3-6,9,15H,7-8H2,1-2H3,(H,14,17). The molecular formula is C13H17N3OS. The first kappa shape index (κ1) is 13.0. The average molecular weight is 263 g/mol. The predicted molar refractivity (Wildman–Crippen MR) is 74.7 cm³/mol. The lowest BCUT2D eigenvalue weighted by Crippen LogP contribution is -2.26. The van der Waals surface area contributed by atoms with E-state index in [1.54, 1.807) is 18.4 Å². The number of fused-ring (bicyclic) bond motifs is 1. The Labute approximate surface area is 110 Å². The molecule has 0 radical (unpaired) electrons. The molecule has 0 aliphatic heterocycles. The maximum absolute atomic E-state index is 11.1. The van der Waals surface area contributed by atoms with Crippen molar-refractivity contribution in [2.75, 3.05) is 13.6 Å². The summed E-state index contributed by atoms with van der Waals surface area (Å²) in [5, 5.41) is 6.98. The number of carbonyl (C=O) groups excluding carboxylic acids is 1. The third-order valence-corrected chi connectivity index (χ3v) is 3.98. The Morgan fingerprint density at radius 2 is 2.22 bits per heavy atom. The number of nitrogens with one attached hydrogen (secondary N) is 2. The Morgan fingerprint density at radius 1 is 1.44 bits per heavy atom. The van der Waals surface area contributed by atoms with Crippen LogP contribution in [-0.4, -0.2) is 24.5 Å². The molecule has 1 heterocycles. The molecule has 0 fully saturated rings. The predicted octanol–water partition coefficient (Wildman–Crippen LogP) is 2.08. The maximum atomic E-state index is 11.1. The van der Waals surface area contributed by atoms with E-state index in [1.807, 2.05) is 18.2 Å². The van der Waals surface area contributed by atoms with Gasteiger partial charge < -0.3 is 10.6 Å². The molecule has 18 heavy (non-hydrogen) atoms. The highest BCUT2D eigenvalue weighted by Crippen LogP contribution is 2.25. The minimum Gasteiger partial charge on any atom is -0.359 e. The SMILES string of the molecule is CNC(=O)CCNC(C)c1nc2ccccc2s1. The molecule has 2 aromatic rings. The van der Waals surface area contributed by atoms with Crippen molar-refractivity contribution in [2.24, 2.45) is 0 Å². The van der Waals surface area contributed by atoms with Gasteiger partial charge in [-0.25, -0.2) is 4.98 Å². The number of rotatable bonds is 5. The number of carbonyl (C=O) groups is 1. The molecule has 1 atom stereocenters. The minimum atomic E-state index is 0.0546. The second-order valence-corrected chi connectivity index (χ2v) is 5.18. The van der Waals surface area contributed by atoms with E-state index >= 15 is 0 Å². The molecule has 4 nitrogen and oxygen atoms in total. The number of hydrogen-bond donors (Lipinski definition) is 2. The largest absolute Gasteiger partial charge is 0.359 e. The summed E-state index contributed by atoms with van der Waals surface area (Å²) in [5.74, 6) is 0.0546. The lowest BCUT2D eigenvalue weighted by Gasteiger charge is -2.10. The topological polar surface area (TPSA) is 54.0 Å². The maximum Gasteiger partial charge on any atom is 0.221 e. The smallest absolute Gasteiger partial charge is 0.221 e. The highest BCUT2D eigenvalue weighted by atomic mass is 32.1. The fourth-order valence-electron chi connectivity index (χ4n) is 1.69. The Balaban J connectivity index is 1.96. The zero-order valence-electron chi connectivity index (χ0n) is 10.6. The Morgan fingerprint density at radius 3 is 2.94 bits per heavy atom. The summed E-state index contributed by atoms with van der Waals surface area (Å²) >= 11 is 1.70. The van der Waals surface area contributed by atoms with Crippen LogP contribution in [0.1, 0.15) is 24.4 Å². The molecule has 2 N–H and O–H groups in total. The Bertz CT molecular complexity index is 505. The number of amides is 1. The number of nitrogens with zero attached hydrogens (tertiary/aromatic N) is 1. The average Bonchev–Trinajstić information content (AvgIpc) is 2.82. The first-order valence-corrected chi connectivity index (χ1v) is 6.82. The van der Waals surface area contributed by atoms with Crippen LogP contribution < -0.4 is 10.6 Å². The van der Waals surface area contributed by atoms with Crippen LogP contribution in [0.4, 0.5) is 0 Å². The van der Waals surface area contributed by atoms with Gasteiger partial charge in [0.1, 0.15) is 5.01 Å². The van der Waals surface area contributed by atoms with Gasteiger partial charge in [0.25, 0.3) is 0 Å². The fourth-order valence-corrected chi connectivity index (χ4v) is 2.68. The molecule has 1 aromatic heterocycles. The molecule has 1 unspecified atom stereocenters. The Hall–Kier alpha value is -1.46. The quantitative estimate of drug-likeness (QED) is 0.868. The van der Waals surface area contributed by atoms with Gasteiger partial charge in [0, 0.05) is 20.0 Å². The third kappa shape index (κ3) is 3.05. The molecule has 2 rings (SSSR count). The molecule has 1 amide bonds. The van der Waals surface area contributed by atoms with E-state index in [4.69, 9.17) is 0 Å². The van der Waals surface area contributed by atoms with Crippen LogP contribution in [0.3, 0.4) is 0 Å². The molecular weight excluding hydrogens is 246 g/mol. The van der Waals surface area contributed by atoms with Crippen molar-refractivity contribution in [3.05, 3.63) is 29.3 Å². The Kier molecular flexibility index (Phi) is 4.28. The lowest BCUT2D eigenvalue weighted by atomic mass is 10.3. The molecule has 0 saturated heterocycles. The minimum absolute atomic E-state index is 0.0546. The molecule has 0 aliphatic rings. The van der Waals surface area contributed by atoms with Gasteiger partial charge in [0.05, 0.1) is 16.3 Å². The first-order valence-electron chi connectivity index (χ1n) is 6.00. The lowest BCUT2D eigenvalue weighted by molar-refractivity contribution is -0.120. The fraction of sp³-hybridized carbons (Fsp3) is 0.385. The number of benzene rings is 1. The zero-order chi connectivity index (χ0) is 13.0. The monoisotopic (exact) mass is 263 g/mol. The van der Waals surface area contributed by atoms with Crippen molar-refractivity contribution in [1.29, 1.82) is 0 Å². The van der Waals surface area contributed by atoms with Gasteiger partial charge in [-0.2, -0.15) is 0 Å².